The summed E-state index contributed by atoms with van der Waals surface area (Å²) >= 11 is 0. The summed E-state index contributed by atoms with van der Waals surface area (Å²) < 4.78 is 0. The second kappa shape index (κ2) is 7.74. The van der Waals surface area contributed by atoms with Crippen molar-refractivity contribution in [1.29, 1.82) is 0 Å². The van der Waals surface area contributed by atoms with E-state index in [1.165, 1.54) is 6.42 Å². The summed E-state index contributed by atoms with van der Waals surface area (Å²) in [6.07, 6.45) is 3.34. The molecule has 2 atom stereocenters. The molecular weight excluding hydrogens is 226 g/mol. The highest BCUT2D eigenvalue weighted by atomic mass is 16.2. The van der Waals surface area contributed by atoms with Gasteiger partial charge in [0.1, 0.15) is 0 Å². The standard InChI is InChI=1S/C14H29N3O/c1-11(2)4-6-16-14(18)10-17-7-5-12(3)8-13(17)9-15/h11-13H,4-10,15H2,1-3H3,(H,16,18). The molecule has 1 amide bonds. The maximum absolute atomic E-state index is 11.8. The molecule has 0 saturated carbocycles. The van der Waals surface area contributed by atoms with Crippen molar-refractivity contribution in [3.8, 4) is 0 Å². The van der Waals surface area contributed by atoms with E-state index in [1.54, 1.807) is 0 Å². The summed E-state index contributed by atoms with van der Waals surface area (Å²) in [5.74, 6) is 1.51. The second-order valence-corrected chi connectivity index (χ2v) is 6.02. The van der Waals surface area contributed by atoms with Crippen molar-refractivity contribution in [2.75, 3.05) is 26.2 Å². The van der Waals surface area contributed by atoms with E-state index in [9.17, 15) is 4.79 Å². The van der Waals surface area contributed by atoms with Gasteiger partial charge in [0.2, 0.25) is 5.91 Å². The van der Waals surface area contributed by atoms with Gasteiger partial charge in [-0.15, -0.1) is 0 Å². The Morgan fingerprint density at radius 2 is 2.22 bits per heavy atom. The van der Waals surface area contributed by atoms with Gasteiger partial charge in [0.05, 0.1) is 6.54 Å². The fourth-order valence-corrected chi connectivity index (χ4v) is 2.49. The Kier molecular flexibility index (Phi) is 6.65. The van der Waals surface area contributed by atoms with Crippen LogP contribution in [-0.2, 0) is 4.79 Å². The Morgan fingerprint density at radius 1 is 1.50 bits per heavy atom. The van der Waals surface area contributed by atoms with Crippen LogP contribution in [0, 0.1) is 11.8 Å². The molecule has 1 rings (SSSR count). The first-order chi connectivity index (χ1) is 8.52. The van der Waals surface area contributed by atoms with Crippen LogP contribution >= 0.6 is 0 Å². The van der Waals surface area contributed by atoms with E-state index in [1.807, 2.05) is 0 Å². The van der Waals surface area contributed by atoms with Crippen LogP contribution in [0.5, 0.6) is 0 Å². The largest absolute Gasteiger partial charge is 0.355 e. The molecule has 0 bridgehead atoms. The molecule has 0 spiro atoms. The van der Waals surface area contributed by atoms with Crippen LogP contribution in [0.4, 0.5) is 0 Å². The van der Waals surface area contributed by atoms with E-state index in [0.717, 1.165) is 31.8 Å². The Balaban J connectivity index is 2.29. The van der Waals surface area contributed by atoms with Crippen LogP contribution in [0.15, 0.2) is 0 Å². The summed E-state index contributed by atoms with van der Waals surface area (Å²) in [4.78, 5) is 14.1. The number of rotatable bonds is 6. The van der Waals surface area contributed by atoms with E-state index >= 15 is 0 Å². The second-order valence-electron chi connectivity index (χ2n) is 6.02. The minimum atomic E-state index is 0.142. The molecule has 2 unspecified atom stereocenters. The third-order valence-corrected chi connectivity index (χ3v) is 3.76. The monoisotopic (exact) mass is 255 g/mol. The van der Waals surface area contributed by atoms with Gasteiger partial charge in [-0.1, -0.05) is 20.8 Å². The summed E-state index contributed by atoms with van der Waals surface area (Å²) in [7, 11) is 0. The number of nitrogens with one attached hydrogen (secondary N) is 1. The molecule has 4 heteroatoms. The third-order valence-electron chi connectivity index (χ3n) is 3.76. The lowest BCUT2D eigenvalue weighted by Crippen LogP contribution is -2.50. The lowest BCUT2D eigenvalue weighted by Gasteiger charge is -2.37. The van der Waals surface area contributed by atoms with Gasteiger partial charge in [0.25, 0.3) is 0 Å². The molecule has 1 heterocycles. The van der Waals surface area contributed by atoms with Crippen molar-refractivity contribution in [1.82, 2.24) is 10.2 Å². The molecule has 0 aromatic heterocycles. The topological polar surface area (TPSA) is 58.4 Å². The van der Waals surface area contributed by atoms with Crippen molar-refractivity contribution < 1.29 is 4.79 Å². The van der Waals surface area contributed by atoms with E-state index in [2.05, 4.69) is 31.0 Å². The van der Waals surface area contributed by atoms with Crippen LogP contribution in [0.3, 0.4) is 0 Å². The molecule has 1 aliphatic heterocycles. The zero-order chi connectivity index (χ0) is 13.5. The van der Waals surface area contributed by atoms with Gasteiger partial charge in [-0.3, -0.25) is 9.69 Å². The van der Waals surface area contributed by atoms with Crippen molar-refractivity contribution in [2.45, 2.75) is 46.1 Å². The average molecular weight is 255 g/mol. The Morgan fingerprint density at radius 3 is 2.83 bits per heavy atom. The van der Waals surface area contributed by atoms with Gasteiger partial charge in [0, 0.05) is 19.1 Å². The number of nitrogens with zero attached hydrogens (tertiary/aromatic N) is 1. The Labute approximate surface area is 111 Å². The molecule has 106 valence electrons. The number of hydrogen-bond acceptors (Lipinski definition) is 3. The van der Waals surface area contributed by atoms with E-state index in [0.29, 0.717) is 25.0 Å². The fraction of sp³-hybridized carbons (Fsp3) is 0.929. The van der Waals surface area contributed by atoms with Gasteiger partial charge in [-0.05, 0) is 37.6 Å². The number of amides is 1. The molecular formula is C14H29N3O. The molecule has 0 radical (unpaired) electrons. The lowest BCUT2D eigenvalue weighted by atomic mass is 9.92. The fourth-order valence-electron chi connectivity index (χ4n) is 2.49. The quantitative estimate of drug-likeness (QED) is 0.750. The van der Waals surface area contributed by atoms with Crippen molar-refractivity contribution in [2.24, 2.45) is 17.6 Å². The van der Waals surface area contributed by atoms with Gasteiger partial charge >= 0.3 is 0 Å². The van der Waals surface area contributed by atoms with Crippen molar-refractivity contribution >= 4 is 5.91 Å². The predicted octanol–water partition coefficient (Wildman–Crippen LogP) is 1.21. The third kappa shape index (κ3) is 5.36. The molecule has 18 heavy (non-hydrogen) atoms. The van der Waals surface area contributed by atoms with Crippen LogP contribution in [0.25, 0.3) is 0 Å². The number of piperidine rings is 1. The highest BCUT2D eigenvalue weighted by Gasteiger charge is 2.26. The highest BCUT2D eigenvalue weighted by Crippen LogP contribution is 2.21. The molecule has 0 aromatic carbocycles. The molecule has 3 N–H and O–H groups in total. The number of likely N-dealkylation sites (tertiary alicyclic amines) is 1. The van der Waals surface area contributed by atoms with Gasteiger partial charge < -0.3 is 11.1 Å². The number of hydrogen-bond donors (Lipinski definition) is 2. The van der Waals surface area contributed by atoms with E-state index < -0.39 is 0 Å². The molecule has 1 saturated heterocycles. The van der Waals surface area contributed by atoms with E-state index in [-0.39, 0.29) is 5.91 Å². The average Bonchev–Trinajstić information content (AvgIpc) is 2.31. The number of nitrogens with two attached hydrogens (primary N) is 1. The van der Waals surface area contributed by atoms with Gasteiger partial charge in [0.15, 0.2) is 0 Å². The lowest BCUT2D eigenvalue weighted by molar-refractivity contribution is -0.123. The highest BCUT2D eigenvalue weighted by molar-refractivity contribution is 5.78. The smallest absolute Gasteiger partial charge is 0.234 e. The summed E-state index contributed by atoms with van der Waals surface area (Å²) in [6.45, 7) is 9.55. The summed E-state index contributed by atoms with van der Waals surface area (Å²) in [5.41, 5.74) is 5.80. The minimum Gasteiger partial charge on any atom is -0.355 e. The van der Waals surface area contributed by atoms with Gasteiger partial charge in [-0.25, -0.2) is 0 Å². The molecule has 4 nitrogen and oxygen atoms in total. The Bertz CT molecular complexity index is 255. The van der Waals surface area contributed by atoms with Crippen LogP contribution < -0.4 is 11.1 Å². The first kappa shape index (κ1) is 15.4. The van der Waals surface area contributed by atoms with Gasteiger partial charge in [-0.2, -0.15) is 0 Å². The maximum atomic E-state index is 11.8. The molecule has 1 fully saturated rings. The van der Waals surface area contributed by atoms with Crippen LogP contribution in [0.2, 0.25) is 0 Å². The van der Waals surface area contributed by atoms with Crippen molar-refractivity contribution in [3.63, 3.8) is 0 Å². The maximum Gasteiger partial charge on any atom is 0.234 e. The summed E-state index contributed by atoms with van der Waals surface area (Å²) in [5, 5.41) is 3.00. The number of carbonyl (C=O) groups excluding carboxylic acids is 1. The van der Waals surface area contributed by atoms with Crippen molar-refractivity contribution in [3.05, 3.63) is 0 Å². The molecule has 0 aromatic rings. The molecule has 1 aliphatic rings. The summed E-state index contributed by atoms with van der Waals surface area (Å²) in [6, 6.07) is 0.379. The number of carbonyl (C=O) groups is 1. The molecule has 0 aliphatic carbocycles. The minimum absolute atomic E-state index is 0.142. The zero-order valence-electron chi connectivity index (χ0n) is 12.1. The SMILES string of the molecule is CC(C)CCNC(=O)CN1CCC(C)CC1CN. The normalized spacial score (nSPS) is 25.4. The van der Waals surface area contributed by atoms with E-state index in [4.69, 9.17) is 5.73 Å². The first-order valence-corrected chi connectivity index (χ1v) is 7.23. The predicted molar refractivity (Wildman–Crippen MR) is 75.3 cm³/mol. The zero-order valence-corrected chi connectivity index (χ0v) is 12.1. The first-order valence-electron chi connectivity index (χ1n) is 7.23. The van der Waals surface area contributed by atoms with Crippen LogP contribution in [-0.4, -0.2) is 43.0 Å². The van der Waals surface area contributed by atoms with Crippen LogP contribution in [0.1, 0.15) is 40.0 Å². The Hall–Kier alpha value is -0.610.